The van der Waals surface area contributed by atoms with E-state index in [1.807, 2.05) is 50.2 Å². The van der Waals surface area contributed by atoms with Gasteiger partial charge in [-0.15, -0.1) is 0 Å². The normalized spacial score (nSPS) is 10.7. The number of nitrogens with one attached hydrogen (secondary N) is 1. The molecular weight excluding hydrogens is 316 g/mol. The van der Waals surface area contributed by atoms with E-state index in [2.05, 4.69) is 15.1 Å². The van der Waals surface area contributed by atoms with E-state index in [0.717, 1.165) is 48.4 Å². The molecule has 0 bridgehead atoms. The molecule has 25 heavy (non-hydrogen) atoms. The lowest BCUT2D eigenvalue weighted by molar-refractivity contribution is 0.141. The van der Waals surface area contributed by atoms with Crippen LogP contribution < -0.4 is 0 Å². The number of rotatable bonds is 7. The van der Waals surface area contributed by atoms with E-state index >= 15 is 0 Å². The van der Waals surface area contributed by atoms with Crippen LogP contribution in [0.2, 0.25) is 0 Å². The van der Waals surface area contributed by atoms with Gasteiger partial charge in [-0.25, -0.2) is 0 Å². The van der Waals surface area contributed by atoms with Crippen LogP contribution in [-0.2, 0) is 11.3 Å². The zero-order valence-electron chi connectivity index (χ0n) is 15.3. The monoisotopic (exact) mass is 342 g/mol. The Labute approximate surface area is 149 Å². The van der Waals surface area contributed by atoms with E-state index < -0.39 is 0 Å². The molecule has 0 radical (unpaired) electrons. The van der Waals surface area contributed by atoms with Gasteiger partial charge in [-0.3, -0.25) is 9.97 Å². The topological polar surface area (TPSA) is 91.5 Å². The highest BCUT2D eigenvalue weighted by atomic mass is 16.6. The van der Waals surface area contributed by atoms with Crippen molar-refractivity contribution in [2.24, 2.45) is 5.16 Å². The summed E-state index contributed by atoms with van der Waals surface area (Å²) in [5, 5.41) is 18.7. The molecule has 134 valence electrons. The molecule has 0 aliphatic heterocycles. The largest absolute Gasteiger partial charge is 0.400 e. The number of hydrogen-bond donors (Lipinski definition) is 2. The average Bonchev–Trinajstić information content (AvgIpc) is 2.63. The van der Waals surface area contributed by atoms with Crippen LogP contribution in [0.1, 0.15) is 43.0 Å². The van der Waals surface area contributed by atoms with Gasteiger partial charge in [0.05, 0.1) is 17.1 Å². The molecule has 0 aliphatic carbocycles. The van der Waals surface area contributed by atoms with Crippen molar-refractivity contribution in [3.63, 3.8) is 0 Å². The number of aliphatic hydroxyl groups excluding tert-OH is 1. The van der Waals surface area contributed by atoms with Gasteiger partial charge < -0.3 is 15.4 Å². The predicted octanol–water partition coefficient (Wildman–Crippen LogP) is 3.15. The Morgan fingerprint density at radius 2 is 1.76 bits per heavy atom. The third kappa shape index (κ3) is 7.22. The maximum Gasteiger partial charge on any atom is 0.117 e. The lowest BCUT2D eigenvalue weighted by Gasteiger charge is -2.04. The Hall–Kier alpha value is -2.60. The molecule has 0 aromatic carbocycles. The molecule has 0 aliphatic rings. The van der Waals surface area contributed by atoms with Crippen molar-refractivity contribution in [3.05, 3.63) is 59.2 Å². The summed E-state index contributed by atoms with van der Waals surface area (Å²) in [6.45, 7) is 6.11. The minimum Gasteiger partial charge on any atom is -0.400 e. The minimum absolute atomic E-state index is 0.481. The molecule has 2 N–H and O–H groups in total. The van der Waals surface area contributed by atoms with Gasteiger partial charge in [0, 0.05) is 18.5 Å². The van der Waals surface area contributed by atoms with Crippen LogP contribution >= 0.6 is 0 Å². The lowest BCUT2D eigenvalue weighted by atomic mass is 10.2. The number of nitrogens with zero attached hydrogens (tertiary/aromatic N) is 3. The van der Waals surface area contributed by atoms with Crippen molar-refractivity contribution in [2.75, 3.05) is 13.7 Å². The Kier molecular flexibility index (Phi) is 9.03. The van der Waals surface area contributed by atoms with Crippen molar-refractivity contribution in [3.8, 4) is 0 Å². The second-order valence-electron chi connectivity index (χ2n) is 5.42. The molecule has 2 aromatic heterocycles. The van der Waals surface area contributed by atoms with Crippen LogP contribution in [0, 0.1) is 12.3 Å². The van der Waals surface area contributed by atoms with E-state index in [9.17, 15) is 0 Å². The van der Waals surface area contributed by atoms with E-state index in [1.165, 1.54) is 0 Å². The van der Waals surface area contributed by atoms with Gasteiger partial charge in [-0.05, 0) is 57.9 Å². The van der Waals surface area contributed by atoms with Gasteiger partial charge in [0.15, 0.2) is 0 Å². The summed E-state index contributed by atoms with van der Waals surface area (Å²) in [4.78, 5) is 14.2. The van der Waals surface area contributed by atoms with E-state index in [-0.39, 0.29) is 0 Å². The van der Waals surface area contributed by atoms with Crippen molar-refractivity contribution >= 4 is 11.4 Å². The molecule has 0 atom stereocenters. The molecule has 0 amide bonds. The smallest absolute Gasteiger partial charge is 0.117 e. The molecule has 0 fully saturated rings. The molecule has 6 heteroatoms. The van der Waals surface area contributed by atoms with Gasteiger partial charge >= 0.3 is 0 Å². The summed E-state index contributed by atoms with van der Waals surface area (Å²) < 4.78 is 0. The van der Waals surface area contributed by atoms with Gasteiger partial charge in [0.2, 0.25) is 0 Å². The first kappa shape index (κ1) is 20.4. The fourth-order valence-electron chi connectivity index (χ4n) is 2.08. The van der Waals surface area contributed by atoms with E-state index in [1.54, 1.807) is 6.92 Å². The van der Waals surface area contributed by atoms with Gasteiger partial charge in [-0.2, -0.15) is 0 Å². The van der Waals surface area contributed by atoms with Crippen LogP contribution in [0.5, 0.6) is 0 Å². The van der Waals surface area contributed by atoms with Crippen LogP contribution in [0.25, 0.3) is 0 Å². The first-order chi connectivity index (χ1) is 12.1. The van der Waals surface area contributed by atoms with Gasteiger partial charge in [-0.1, -0.05) is 17.3 Å². The summed E-state index contributed by atoms with van der Waals surface area (Å²) in [7, 11) is 1.00. The highest BCUT2D eigenvalue weighted by Gasteiger charge is 2.01. The zero-order valence-corrected chi connectivity index (χ0v) is 15.3. The quantitative estimate of drug-likeness (QED) is 0.459. The third-order valence-electron chi connectivity index (χ3n) is 3.32. The van der Waals surface area contributed by atoms with Gasteiger partial charge in [0.25, 0.3) is 0 Å². The SMILES string of the molecule is CC(=N)c1cccc(CCCO/N=C(\C)c2cccc(C)n2)n1.CO. The van der Waals surface area contributed by atoms with Crippen molar-refractivity contribution in [1.82, 2.24) is 9.97 Å². The zero-order chi connectivity index (χ0) is 18.7. The first-order valence-corrected chi connectivity index (χ1v) is 8.13. The molecule has 0 saturated carbocycles. The Balaban J connectivity index is 0.00000151. The fourth-order valence-corrected chi connectivity index (χ4v) is 2.08. The Morgan fingerprint density at radius 1 is 1.08 bits per heavy atom. The Bertz CT molecular complexity index is 714. The molecule has 0 spiro atoms. The van der Waals surface area contributed by atoms with Crippen LogP contribution in [-0.4, -0.2) is 40.2 Å². The summed E-state index contributed by atoms with van der Waals surface area (Å²) in [6, 6.07) is 11.6. The maximum atomic E-state index is 7.61. The van der Waals surface area contributed by atoms with Crippen molar-refractivity contribution in [1.29, 1.82) is 5.41 Å². The Morgan fingerprint density at radius 3 is 2.44 bits per heavy atom. The average molecular weight is 342 g/mol. The number of hydrogen-bond acceptors (Lipinski definition) is 6. The molecule has 2 heterocycles. The van der Waals surface area contributed by atoms with Crippen LogP contribution in [0.15, 0.2) is 41.6 Å². The van der Waals surface area contributed by atoms with Crippen molar-refractivity contribution < 1.29 is 9.94 Å². The fraction of sp³-hybridized carbons (Fsp3) is 0.368. The van der Waals surface area contributed by atoms with Crippen LogP contribution in [0.4, 0.5) is 0 Å². The standard InChI is InChI=1S/C18H22N4O.CH4O/c1-13-7-4-11-18(20-13)15(3)22-23-12-6-9-16-8-5-10-17(21-16)14(2)19;1-2/h4-5,7-8,10-11,19H,6,9,12H2,1-3H3;2H,1H3/b19-14?,22-15+;. The third-order valence-corrected chi connectivity index (χ3v) is 3.32. The summed E-state index contributed by atoms with van der Waals surface area (Å²) in [5.74, 6) is 0. The van der Waals surface area contributed by atoms with Crippen molar-refractivity contribution in [2.45, 2.75) is 33.6 Å². The summed E-state index contributed by atoms with van der Waals surface area (Å²) >= 11 is 0. The first-order valence-electron chi connectivity index (χ1n) is 8.13. The number of oxime groups is 1. The van der Waals surface area contributed by atoms with Crippen LogP contribution in [0.3, 0.4) is 0 Å². The number of aryl methyl sites for hydroxylation is 2. The number of pyridine rings is 2. The second kappa shape index (κ2) is 11.0. The molecule has 0 saturated heterocycles. The number of aliphatic hydroxyl groups is 1. The van der Waals surface area contributed by atoms with E-state index in [4.69, 9.17) is 15.4 Å². The number of aromatic nitrogens is 2. The molecule has 2 rings (SSSR count). The molecule has 0 unspecified atom stereocenters. The summed E-state index contributed by atoms with van der Waals surface area (Å²) in [6.07, 6.45) is 1.63. The highest BCUT2D eigenvalue weighted by Crippen LogP contribution is 2.04. The second-order valence-corrected chi connectivity index (χ2v) is 5.42. The summed E-state index contributed by atoms with van der Waals surface area (Å²) in [5.41, 5.74) is 4.74. The van der Waals surface area contributed by atoms with Gasteiger partial charge in [0.1, 0.15) is 12.3 Å². The maximum absolute atomic E-state index is 7.61. The minimum atomic E-state index is 0.481. The lowest BCUT2D eigenvalue weighted by Crippen LogP contribution is -2.03. The van der Waals surface area contributed by atoms with E-state index in [0.29, 0.717) is 12.3 Å². The molecular formula is C19H26N4O2. The molecule has 6 nitrogen and oxygen atoms in total. The molecule has 2 aromatic rings. The highest BCUT2D eigenvalue weighted by molar-refractivity contribution is 5.96. The predicted molar refractivity (Wildman–Crippen MR) is 100 cm³/mol.